The first-order valence-corrected chi connectivity index (χ1v) is 8.24. The monoisotopic (exact) mass is 372 g/mol. The van der Waals surface area contributed by atoms with Crippen molar-refractivity contribution in [3.8, 4) is 0 Å². The average molecular weight is 374 g/mol. The minimum atomic E-state index is -0.614. The summed E-state index contributed by atoms with van der Waals surface area (Å²) in [6.45, 7) is 1.48. The van der Waals surface area contributed by atoms with Crippen molar-refractivity contribution in [2.45, 2.75) is 50.6 Å². The van der Waals surface area contributed by atoms with Gasteiger partial charge < -0.3 is 10.6 Å². The Balaban J connectivity index is 0.00000161. The van der Waals surface area contributed by atoms with Crippen LogP contribution in [-0.4, -0.2) is 22.9 Å². The van der Waals surface area contributed by atoms with Crippen LogP contribution in [0.4, 0.5) is 0 Å². The standard InChI is InChI=1S/C16H21BrN2O.ClH/c17-14-6-4-5-12-7-10-19(11-13(12)14)15(20)16(18)8-2-1-3-9-16;/h4-6H,1-3,7-11,18H2;1H. The summed E-state index contributed by atoms with van der Waals surface area (Å²) in [4.78, 5) is 14.7. The maximum Gasteiger partial charge on any atom is 0.242 e. The predicted octanol–water partition coefficient (Wildman–Crippen LogP) is 3.42. The zero-order chi connectivity index (χ0) is 14.2. The van der Waals surface area contributed by atoms with Crippen LogP contribution in [-0.2, 0) is 17.8 Å². The lowest BCUT2D eigenvalue weighted by Gasteiger charge is -2.39. The number of benzene rings is 1. The minimum Gasteiger partial charge on any atom is -0.336 e. The molecule has 1 fully saturated rings. The maximum atomic E-state index is 12.8. The van der Waals surface area contributed by atoms with E-state index in [0.717, 1.165) is 43.1 Å². The summed E-state index contributed by atoms with van der Waals surface area (Å²) in [5.41, 5.74) is 8.36. The van der Waals surface area contributed by atoms with Crippen molar-refractivity contribution >= 4 is 34.2 Å². The smallest absolute Gasteiger partial charge is 0.242 e. The van der Waals surface area contributed by atoms with Gasteiger partial charge in [0.05, 0.1) is 5.54 Å². The van der Waals surface area contributed by atoms with Crippen molar-refractivity contribution in [2.75, 3.05) is 6.54 Å². The topological polar surface area (TPSA) is 46.3 Å². The highest BCUT2D eigenvalue weighted by Gasteiger charge is 2.39. The average Bonchev–Trinajstić information content (AvgIpc) is 2.47. The van der Waals surface area contributed by atoms with Crippen LogP contribution in [0.1, 0.15) is 43.2 Å². The van der Waals surface area contributed by atoms with Crippen molar-refractivity contribution in [3.05, 3.63) is 33.8 Å². The summed E-state index contributed by atoms with van der Waals surface area (Å²) in [6.07, 6.45) is 5.97. The van der Waals surface area contributed by atoms with Gasteiger partial charge in [0.2, 0.25) is 5.91 Å². The molecule has 2 N–H and O–H groups in total. The van der Waals surface area contributed by atoms with Gasteiger partial charge in [0.1, 0.15) is 0 Å². The summed E-state index contributed by atoms with van der Waals surface area (Å²) in [5, 5.41) is 0. The van der Waals surface area contributed by atoms with E-state index in [0.29, 0.717) is 6.54 Å². The molecule has 116 valence electrons. The van der Waals surface area contributed by atoms with Crippen molar-refractivity contribution in [1.29, 1.82) is 0 Å². The molecule has 1 amide bonds. The molecule has 0 saturated heterocycles. The fourth-order valence-corrected chi connectivity index (χ4v) is 3.96. The molecular formula is C16H22BrClN2O. The molecule has 0 radical (unpaired) electrons. The Kier molecular flexibility index (Phi) is 5.33. The number of nitrogens with two attached hydrogens (primary N) is 1. The summed E-state index contributed by atoms with van der Waals surface area (Å²) in [5.74, 6) is 0.151. The molecule has 0 unspecified atom stereocenters. The van der Waals surface area contributed by atoms with Gasteiger partial charge in [-0.3, -0.25) is 4.79 Å². The van der Waals surface area contributed by atoms with Crippen LogP contribution < -0.4 is 5.73 Å². The molecule has 21 heavy (non-hydrogen) atoms. The number of carbonyl (C=O) groups excluding carboxylic acids is 1. The van der Waals surface area contributed by atoms with E-state index in [1.807, 2.05) is 11.0 Å². The molecule has 0 atom stereocenters. The van der Waals surface area contributed by atoms with Gasteiger partial charge >= 0.3 is 0 Å². The normalized spacial score (nSPS) is 20.4. The lowest BCUT2D eigenvalue weighted by Crippen LogP contribution is -2.57. The van der Waals surface area contributed by atoms with Crippen LogP contribution in [0.2, 0.25) is 0 Å². The number of carbonyl (C=O) groups is 1. The predicted molar refractivity (Wildman–Crippen MR) is 90.5 cm³/mol. The van der Waals surface area contributed by atoms with E-state index in [1.165, 1.54) is 17.5 Å². The number of halogens is 2. The first kappa shape index (κ1) is 16.8. The molecule has 2 aliphatic rings. The largest absolute Gasteiger partial charge is 0.336 e. The van der Waals surface area contributed by atoms with Gasteiger partial charge in [-0.05, 0) is 36.5 Å². The Labute approximate surface area is 140 Å². The Morgan fingerprint density at radius 3 is 2.67 bits per heavy atom. The summed E-state index contributed by atoms with van der Waals surface area (Å²) < 4.78 is 1.10. The highest BCUT2D eigenvalue weighted by Crippen LogP contribution is 2.31. The van der Waals surface area contributed by atoms with Gasteiger partial charge in [-0.2, -0.15) is 0 Å². The van der Waals surface area contributed by atoms with Crippen molar-refractivity contribution in [1.82, 2.24) is 4.90 Å². The van der Waals surface area contributed by atoms with Crippen LogP contribution in [0, 0.1) is 0 Å². The third-order valence-electron chi connectivity index (χ3n) is 4.67. The van der Waals surface area contributed by atoms with Crippen LogP contribution in [0.25, 0.3) is 0 Å². The summed E-state index contributed by atoms with van der Waals surface area (Å²) >= 11 is 3.60. The van der Waals surface area contributed by atoms with Crippen molar-refractivity contribution < 1.29 is 4.79 Å². The molecule has 1 aliphatic heterocycles. The SMILES string of the molecule is Cl.NC1(C(=O)N2CCc3cccc(Br)c3C2)CCCCC1. The molecule has 1 heterocycles. The third kappa shape index (κ3) is 3.27. The second-order valence-corrected chi connectivity index (χ2v) is 6.93. The fourth-order valence-electron chi connectivity index (χ4n) is 3.42. The lowest BCUT2D eigenvalue weighted by molar-refractivity contribution is -0.139. The number of fused-ring (bicyclic) bond motifs is 1. The quantitative estimate of drug-likeness (QED) is 0.820. The molecule has 0 aromatic heterocycles. The third-order valence-corrected chi connectivity index (χ3v) is 5.42. The number of amides is 1. The van der Waals surface area contributed by atoms with Crippen molar-refractivity contribution in [2.24, 2.45) is 5.73 Å². The van der Waals surface area contributed by atoms with Crippen molar-refractivity contribution in [3.63, 3.8) is 0 Å². The first-order valence-electron chi connectivity index (χ1n) is 7.45. The van der Waals surface area contributed by atoms with Gasteiger partial charge in [-0.15, -0.1) is 12.4 Å². The fraction of sp³-hybridized carbons (Fsp3) is 0.562. The van der Waals surface area contributed by atoms with Gasteiger partial charge in [0.25, 0.3) is 0 Å². The van der Waals surface area contributed by atoms with E-state index in [2.05, 4.69) is 28.1 Å². The van der Waals surface area contributed by atoms with E-state index < -0.39 is 5.54 Å². The Hall–Kier alpha value is -0.580. The van der Waals surface area contributed by atoms with Crippen LogP contribution in [0.3, 0.4) is 0 Å². The number of nitrogens with zero attached hydrogens (tertiary/aromatic N) is 1. The number of hydrogen-bond acceptors (Lipinski definition) is 2. The van der Waals surface area contributed by atoms with Crippen LogP contribution >= 0.6 is 28.3 Å². The van der Waals surface area contributed by atoms with Crippen LogP contribution in [0.15, 0.2) is 22.7 Å². The second kappa shape index (κ2) is 6.67. The molecule has 1 aromatic carbocycles. The molecule has 1 saturated carbocycles. The van der Waals surface area contributed by atoms with Gasteiger partial charge in [0, 0.05) is 17.6 Å². The maximum absolute atomic E-state index is 12.8. The summed E-state index contributed by atoms with van der Waals surface area (Å²) in [7, 11) is 0. The van der Waals surface area contributed by atoms with Gasteiger partial charge in [-0.25, -0.2) is 0 Å². The molecule has 3 rings (SSSR count). The second-order valence-electron chi connectivity index (χ2n) is 6.07. The molecular weight excluding hydrogens is 352 g/mol. The zero-order valence-corrected chi connectivity index (χ0v) is 14.5. The van der Waals surface area contributed by atoms with Gasteiger partial charge in [0.15, 0.2) is 0 Å². The number of rotatable bonds is 1. The Morgan fingerprint density at radius 2 is 1.95 bits per heavy atom. The van der Waals surface area contributed by atoms with E-state index >= 15 is 0 Å². The minimum absolute atomic E-state index is 0. The molecule has 0 bridgehead atoms. The molecule has 1 aromatic rings. The van der Waals surface area contributed by atoms with E-state index in [9.17, 15) is 4.79 Å². The molecule has 1 aliphatic carbocycles. The lowest BCUT2D eigenvalue weighted by atomic mass is 9.81. The zero-order valence-electron chi connectivity index (χ0n) is 12.1. The van der Waals surface area contributed by atoms with Crippen LogP contribution in [0.5, 0.6) is 0 Å². The molecule has 3 nitrogen and oxygen atoms in total. The molecule has 0 spiro atoms. The highest BCUT2D eigenvalue weighted by molar-refractivity contribution is 9.10. The summed E-state index contributed by atoms with van der Waals surface area (Å²) in [6, 6.07) is 6.26. The van der Waals surface area contributed by atoms with E-state index in [4.69, 9.17) is 5.73 Å². The highest BCUT2D eigenvalue weighted by atomic mass is 79.9. The number of hydrogen-bond donors (Lipinski definition) is 1. The Bertz CT molecular complexity index is 529. The van der Waals surface area contributed by atoms with E-state index in [-0.39, 0.29) is 18.3 Å². The van der Waals surface area contributed by atoms with Gasteiger partial charge in [-0.1, -0.05) is 47.3 Å². The van der Waals surface area contributed by atoms with E-state index in [1.54, 1.807) is 0 Å². The Morgan fingerprint density at radius 1 is 1.24 bits per heavy atom. The first-order chi connectivity index (χ1) is 9.60. The molecule has 5 heteroatoms.